The molecule has 3 aromatic rings. The molecule has 5 nitrogen and oxygen atoms in total. The van der Waals surface area contributed by atoms with Gasteiger partial charge in [0.05, 0.1) is 11.9 Å². The lowest BCUT2D eigenvalue weighted by atomic mass is 10.2. The van der Waals surface area contributed by atoms with Crippen molar-refractivity contribution in [3.63, 3.8) is 0 Å². The summed E-state index contributed by atoms with van der Waals surface area (Å²) in [5.74, 6) is -0.133. The summed E-state index contributed by atoms with van der Waals surface area (Å²) in [5.41, 5.74) is 2.36. The fraction of sp³-hybridized carbons (Fsp3) is 0.143. The molecule has 0 saturated heterocycles. The monoisotopic (exact) mass is 254 g/mol. The molecule has 0 saturated carbocycles. The van der Waals surface area contributed by atoms with Gasteiger partial charge in [-0.1, -0.05) is 18.2 Å². The number of rotatable bonds is 2. The Morgan fingerprint density at radius 3 is 2.74 bits per heavy atom. The molecule has 1 aromatic carbocycles. The van der Waals surface area contributed by atoms with Gasteiger partial charge in [-0.2, -0.15) is 5.10 Å². The molecule has 5 heteroatoms. The molecular weight excluding hydrogens is 240 g/mol. The average Bonchev–Trinajstić information content (AvgIpc) is 2.94. The fourth-order valence-corrected chi connectivity index (χ4v) is 2.19. The lowest BCUT2D eigenvalue weighted by molar-refractivity contribution is 0.102. The minimum absolute atomic E-state index is 0.133. The van der Waals surface area contributed by atoms with Crippen molar-refractivity contribution >= 4 is 22.5 Å². The Morgan fingerprint density at radius 2 is 2.05 bits per heavy atom. The molecule has 0 radical (unpaired) electrons. The number of carbonyl (C=O) groups is 1. The highest BCUT2D eigenvalue weighted by atomic mass is 16.1. The normalized spacial score (nSPS) is 10.8. The molecule has 3 rings (SSSR count). The molecule has 0 aliphatic carbocycles. The van der Waals surface area contributed by atoms with Crippen LogP contribution in [0.4, 0.5) is 5.69 Å². The van der Waals surface area contributed by atoms with Crippen LogP contribution in [0.2, 0.25) is 0 Å². The van der Waals surface area contributed by atoms with Crippen molar-refractivity contribution in [2.75, 3.05) is 5.32 Å². The molecular formula is C14H14N4O. The van der Waals surface area contributed by atoms with E-state index in [2.05, 4.69) is 10.4 Å². The molecule has 0 atom stereocenters. The maximum atomic E-state index is 12.2. The van der Waals surface area contributed by atoms with Gasteiger partial charge in [-0.25, -0.2) is 0 Å². The summed E-state index contributed by atoms with van der Waals surface area (Å²) in [7, 11) is 3.70. The number of hydrogen-bond acceptors (Lipinski definition) is 2. The number of benzene rings is 1. The number of aromatic nitrogens is 3. The number of hydrogen-bond donors (Lipinski definition) is 1. The third kappa shape index (κ3) is 1.99. The van der Waals surface area contributed by atoms with E-state index in [-0.39, 0.29) is 5.91 Å². The van der Waals surface area contributed by atoms with Gasteiger partial charge < -0.3 is 9.88 Å². The predicted octanol–water partition coefficient (Wildman–Crippen LogP) is 2.16. The second-order valence-electron chi connectivity index (χ2n) is 4.50. The molecule has 1 amide bonds. The van der Waals surface area contributed by atoms with Crippen LogP contribution in [0, 0.1) is 0 Å². The number of carbonyl (C=O) groups excluding carboxylic acids is 1. The van der Waals surface area contributed by atoms with Crippen LogP contribution in [0.1, 0.15) is 10.5 Å². The summed E-state index contributed by atoms with van der Waals surface area (Å²) >= 11 is 0. The maximum absolute atomic E-state index is 12.2. The van der Waals surface area contributed by atoms with Gasteiger partial charge >= 0.3 is 0 Å². The van der Waals surface area contributed by atoms with Crippen LogP contribution in [0.5, 0.6) is 0 Å². The molecule has 2 heterocycles. The first-order valence-electron chi connectivity index (χ1n) is 5.99. The highest BCUT2D eigenvalue weighted by molar-refractivity contribution is 6.06. The van der Waals surface area contributed by atoms with E-state index in [0.717, 1.165) is 10.9 Å². The molecule has 0 fully saturated rings. The van der Waals surface area contributed by atoms with Gasteiger partial charge in [0.1, 0.15) is 5.69 Å². The highest BCUT2D eigenvalue weighted by Gasteiger charge is 2.13. The Balaban J connectivity index is 1.95. The summed E-state index contributed by atoms with van der Waals surface area (Å²) in [6.07, 6.45) is 3.39. The summed E-state index contributed by atoms with van der Waals surface area (Å²) in [5, 5.41) is 7.92. The van der Waals surface area contributed by atoms with Crippen molar-refractivity contribution in [2.45, 2.75) is 0 Å². The molecule has 0 aliphatic rings. The Morgan fingerprint density at radius 1 is 1.26 bits per heavy atom. The summed E-state index contributed by atoms with van der Waals surface area (Å²) in [6.45, 7) is 0. The van der Waals surface area contributed by atoms with Crippen LogP contribution in [-0.4, -0.2) is 20.3 Å². The second kappa shape index (κ2) is 4.28. The predicted molar refractivity (Wildman–Crippen MR) is 74.1 cm³/mol. The number of nitrogens with one attached hydrogen (secondary N) is 1. The largest absolute Gasteiger partial charge is 0.340 e. The zero-order chi connectivity index (χ0) is 13.4. The van der Waals surface area contributed by atoms with Crippen LogP contribution < -0.4 is 5.32 Å². The molecule has 0 spiro atoms. The van der Waals surface area contributed by atoms with Crippen LogP contribution in [0.3, 0.4) is 0 Å². The molecule has 1 N–H and O–H groups in total. The van der Waals surface area contributed by atoms with Gasteiger partial charge in [0.25, 0.3) is 5.91 Å². The number of nitrogens with zero attached hydrogens (tertiary/aromatic N) is 3. The van der Waals surface area contributed by atoms with E-state index in [0.29, 0.717) is 11.4 Å². The molecule has 0 bridgehead atoms. The summed E-state index contributed by atoms with van der Waals surface area (Å²) < 4.78 is 3.54. The third-order valence-corrected chi connectivity index (χ3v) is 3.15. The smallest absolute Gasteiger partial charge is 0.272 e. The van der Waals surface area contributed by atoms with Crippen molar-refractivity contribution in [2.24, 2.45) is 14.1 Å². The lowest BCUT2D eigenvalue weighted by Crippen LogP contribution is -2.15. The van der Waals surface area contributed by atoms with Crippen LogP contribution >= 0.6 is 0 Å². The van der Waals surface area contributed by atoms with Gasteiger partial charge in [-0.05, 0) is 12.1 Å². The van der Waals surface area contributed by atoms with E-state index in [4.69, 9.17) is 0 Å². The summed E-state index contributed by atoms with van der Waals surface area (Å²) in [6, 6.07) is 9.81. The van der Waals surface area contributed by atoms with Gasteiger partial charge in [0, 0.05) is 31.2 Å². The second-order valence-corrected chi connectivity index (χ2v) is 4.50. The van der Waals surface area contributed by atoms with Gasteiger partial charge in [-0.3, -0.25) is 9.48 Å². The van der Waals surface area contributed by atoms with E-state index >= 15 is 0 Å². The van der Waals surface area contributed by atoms with Crippen LogP contribution in [0.25, 0.3) is 10.9 Å². The zero-order valence-electron chi connectivity index (χ0n) is 10.8. The molecule has 2 aromatic heterocycles. The minimum atomic E-state index is -0.133. The summed E-state index contributed by atoms with van der Waals surface area (Å²) in [4.78, 5) is 12.2. The Kier molecular flexibility index (Phi) is 2.59. The topological polar surface area (TPSA) is 51.9 Å². The SMILES string of the molecule is Cn1cc(NC(=O)c2cc3ccccc3n2C)cn1. The highest BCUT2D eigenvalue weighted by Crippen LogP contribution is 2.19. The first kappa shape index (κ1) is 11.5. The maximum Gasteiger partial charge on any atom is 0.272 e. The van der Waals surface area contributed by atoms with Crippen molar-refractivity contribution in [3.8, 4) is 0 Å². The third-order valence-electron chi connectivity index (χ3n) is 3.15. The van der Waals surface area contributed by atoms with Gasteiger partial charge in [0.15, 0.2) is 0 Å². The van der Waals surface area contributed by atoms with Crippen molar-refractivity contribution < 1.29 is 4.79 Å². The molecule has 19 heavy (non-hydrogen) atoms. The van der Waals surface area contributed by atoms with Crippen molar-refractivity contribution in [3.05, 3.63) is 48.4 Å². The average molecular weight is 254 g/mol. The Labute approximate surface area is 110 Å². The lowest BCUT2D eigenvalue weighted by Gasteiger charge is -2.04. The number of anilines is 1. The van der Waals surface area contributed by atoms with E-state index in [1.54, 1.807) is 17.1 Å². The van der Waals surface area contributed by atoms with E-state index in [1.807, 2.05) is 49.0 Å². The van der Waals surface area contributed by atoms with Gasteiger partial charge in [-0.15, -0.1) is 0 Å². The Bertz CT molecular complexity index is 754. The van der Waals surface area contributed by atoms with E-state index in [9.17, 15) is 4.79 Å². The standard InChI is InChI=1S/C14H14N4O/c1-17-9-11(8-15-17)16-14(19)13-7-10-5-3-4-6-12(10)18(13)2/h3-9H,1-2H3,(H,16,19). The minimum Gasteiger partial charge on any atom is -0.340 e. The van der Waals surface area contributed by atoms with Crippen molar-refractivity contribution in [1.29, 1.82) is 0 Å². The Hall–Kier alpha value is -2.56. The number of aryl methyl sites for hydroxylation is 2. The van der Waals surface area contributed by atoms with Gasteiger partial charge in [0.2, 0.25) is 0 Å². The molecule has 0 aliphatic heterocycles. The first-order chi connectivity index (χ1) is 9.15. The van der Waals surface area contributed by atoms with Crippen LogP contribution in [0.15, 0.2) is 42.7 Å². The molecule has 96 valence electrons. The number of amides is 1. The number of para-hydroxylation sites is 1. The first-order valence-corrected chi connectivity index (χ1v) is 5.99. The molecule has 0 unspecified atom stereocenters. The zero-order valence-corrected chi connectivity index (χ0v) is 10.8. The fourth-order valence-electron chi connectivity index (χ4n) is 2.19. The quantitative estimate of drug-likeness (QED) is 0.762. The number of fused-ring (bicyclic) bond motifs is 1. The van der Waals surface area contributed by atoms with Crippen LogP contribution in [-0.2, 0) is 14.1 Å². The van der Waals surface area contributed by atoms with Crippen molar-refractivity contribution in [1.82, 2.24) is 14.3 Å². The van der Waals surface area contributed by atoms with E-state index < -0.39 is 0 Å². The van der Waals surface area contributed by atoms with E-state index in [1.165, 1.54) is 0 Å².